The summed E-state index contributed by atoms with van der Waals surface area (Å²) in [5.41, 5.74) is 3.36. The highest BCUT2D eigenvalue weighted by Crippen LogP contribution is 2.25. The SMILES string of the molecule is Cc1ccccc1CNC(=O)CN(C)C(C)c1ccccc1Cl. The fourth-order valence-corrected chi connectivity index (χ4v) is 2.77. The second kappa shape index (κ2) is 8.14. The molecule has 122 valence electrons. The third-order valence-corrected chi connectivity index (χ3v) is 4.49. The van der Waals surface area contributed by atoms with Crippen LogP contribution in [0, 0.1) is 6.92 Å². The average molecular weight is 331 g/mol. The lowest BCUT2D eigenvalue weighted by Crippen LogP contribution is -2.36. The van der Waals surface area contributed by atoms with Crippen LogP contribution in [0.3, 0.4) is 0 Å². The van der Waals surface area contributed by atoms with E-state index in [1.54, 1.807) is 0 Å². The largest absolute Gasteiger partial charge is 0.351 e. The summed E-state index contributed by atoms with van der Waals surface area (Å²) >= 11 is 6.23. The van der Waals surface area contributed by atoms with E-state index in [1.165, 1.54) is 5.56 Å². The number of amides is 1. The van der Waals surface area contributed by atoms with E-state index in [9.17, 15) is 4.79 Å². The van der Waals surface area contributed by atoms with Crippen molar-refractivity contribution in [3.63, 3.8) is 0 Å². The summed E-state index contributed by atoms with van der Waals surface area (Å²) in [7, 11) is 1.93. The zero-order valence-corrected chi connectivity index (χ0v) is 14.6. The Morgan fingerprint density at radius 1 is 1.17 bits per heavy atom. The van der Waals surface area contributed by atoms with Gasteiger partial charge in [0.2, 0.25) is 5.91 Å². The number of halogens is 1. The lowest BCUT2D eigenvalue weighted by Gasteiger charge is -2.25. The van der Waals surface area contributed by atoms with Crippen LogP contribution in [-0.2, 0) is 11.3 Å². The monoisotopic (exact) mass is 330 g/mol. The zero-order valence-electron chi connectivity index (χ0n) is 13.8. The van der Waals surface area contributed by atoms with Crippen molar-refractivity contribution in [1.29, 1.82) is 0 Å². The first-order chi connectivity index (χ1) is 11.0. The first-order valence-corrected chi connectivity index (χ1v) is 8.12. The van der Waals surface area contributed by atoms with Gasteiger partial charge in [-0.3, -0.25) is 9.69 Å². The molecule has 3 nitrogen and oxygen atoms in total. The zero-order chi connectivity index (χ0) is 16.8. The number of carbonyl (C=O) groups is 1. The molecule has 0 aliphatic carbocycles. The van der Waals surface area contributed by atoms with Crippen LogP contribution < -0.4 is 5.32 Å². The molecule has 2 rings (SSSR count). The fraction of sp³-hybridized carbons (Fsp3) is 0.316. The highest BCUT2D eigenvalue weighted by molar-refractivity contribution is 6.31. The van der Waals surface area contributed by atoms with Gasteiger partial charge in [-0.15, -0.1) is 0 Å². The quantitative estimate of drug-likeness (QED) is 0.869. The molecular weight excluding hydrogens is 308 g/mol. The summed E-state index contributed by atoms with van der Waals surface area (Å²) in [6.07, 6.45) is 0. The normalized spacial score (nSPS) is 12.2. The highest BCUT2D eigenvalue weighted by atomic mass is 35.5. The number of nitrogens with zero attached hydrogens (tertiary/aromatic N) is 1. The van der Waals surface area contributed by atoms with E-state index in [4.69, 9.17) is 11.6 Å². The minimum atomic E-state index is 0.00894. The van der Waals surface area contributed by atoms with Gasteiger partial charge in [0, 0.05) is 17.6 Å². The van der Waals surface area contributed by atoms with Crippen molar-refractivity contribution >= 4 is 17.5 Å². The Morgan fingerprint density at radius 2 is 1.83 bits per heavy atom. The molecule has 1 atom stereocenters. The van der Waals surface area contributed by atoms with Crippen molar-refractivity contribution < 1.29 is 4.79 Å². The Labute approximate surface area is 143 Å². The van der Waals surface area contributed by atoms with Crippen LogP contribution in [0.15, 0.2) is 48.5 Å². The molecule has 0 fully saturated rings. The van der Waals surface area contributed by atoms with Crippen molar-refractivity contribution in [2.75, 3.05) is 13.6 Å². The van der Waals surface area contributed by atoms with Crippen LogP contribution >= 0.6 is 11.6 Å². The van der Waals surface area contributed by atoms with E-state index in [0.29, 0.717) is 13.1 Å². The second-order valence-electron chi connectivity index (χ2n) is 5.82. The van der Waals surface area contributed by atoms with E-state index < -0.39 is 0 Å². The predicted octanol–water partition coefficient (Wildman–Crippen LogP) is 3.96. The van der Waals surface area contributed by atoms with Gasteiger partial charge in [0.25, 0.3) is 0 Å². The van der Waals surface area contributed by atoms with Gasteiger partial charge in [-0.2, -0.15) is 0 Å². The van der Waals surface area contributed by atoms with Gasteiger partial charge >= 0.3 is 0 Å². The smallest absolute Gasteiger partial charge is 0.234 e. The number of hydrogen-bond donors (Lipinski definition) is 1. The molecule has 0 saturated carbocycles. The van der Waals surface area contributed by atoms with Crippen LogP contribution in [0.1, 0.15) is 29.7 Å². The number of nitrogens with one attached hydrogen (secondary N) is 1. The van der Waals surface area contributed by atoms with Crippen LogP contribution in [0.25, 0.3) is 0 Å². The van der Waals surface area contributed by atoms with Crippen LogP contribution in [-0.4, -0.2) is 24.4 Å². The number of carbonyl (C=O) groups excluding carboxylic acids is 1. The third-order valence-electron chi connectivity index (χ3n) is 4.15. The Hall–Kier alpha value is -1.84. The molecule has 0 radical (unpaired) electrons. The Morgan fingerprint density at radius 3 is 2.52 bits per heavy atom. The van der Waals surface area contributed by atoms with Crippen LogP contribution in [0.4, 0.5) is 0 Å². The summed E-state index contributed by atoms with van der Waals surface area (Å²) < 4.78 is 0. The summed E-state index contributed by atoms with van der Waals surface area (Å²) in [6, 6.07) is 15.9. The maximum absolute atomic E-state index is 12.2. The van der Waals surface area contributed by atoms with Gasteiger partial charge < -0.3 is 5.32 Å². The van der Waals surface area contributed by atoms with E-state index in [-0.39, 0.29) is 11.9 Å². The Bertz CT molecular complexity index is 672. The molecule has 0 aliphatic heterocycles. The molecule has 0 heterocycles. The minimum Gasteiger partial charge on any atom is -0.351 e. The van der Waals surface area contributed by atoms with Crippen molar-refractivity contribution in [2.45, 2.75) is 26.4 Å². The van der Waals surface area contributed by atoms with E-state index in [1.807, 2.05) is 67.4 Å². The van der Waals surface area contributed by atoms with E-state index in [0.717, 1.165) is 16.1 Å². The summed E-state index contributed by atoms with van der Waals surface area (Å²) in [5.74, 6) is 0.00894. The molecule has 23 heavy (non-hydrogen) atoms. The first-order valence-electron chi connectivity index (χ1n) is 7.75. The first kappa shape index (κ1) is 17.5. The minimum absolute atomic E-state index is 0.00894. The Balaban J connectivity index is 1.90. The third kappa shape index (κ3) is 4.81. The molecule has 0 saturated heterocycles. The number of aryl methyl sites for hydroxylation is 1. The maximum atomic E-state index is 12.2. The summed E-state index contributed by atoms with van der Waals surface area (Å²) in [5, 5.41) is 3.71. The molecule has 2 aromatic rings. The van der Waals surface area contributed by atoms with E-state index >= 15 is 0 Å². The van der Waals surface area contributed by atoms with Gasteiger partial charge in [-0.1, -0.05) is 54.1 Å². The molecular formula is C19H23ClN2O. The van der Waals surface area contributed by atoms with Crippen molar-refractivity contribution in [3.05, 3.63) is 70.2 Å². The fourth-order valence-electron chi connectivity index (χ4n) is 2.47. The molecule has 0 bridgehead atoms. The van der Waals surface area contributed by atoms with Crippen LogP contribution in [0.2, 0.25) is 5.02 Å². The molecule has 4 heteroatoms. The van der Waals surface area contributed by atoms with Gasteiger partial charge in [-0.25, -0.2) is 0 Å². The number of rotatable bonds is 6. The number of hydrogen-bond acceptors (Lipinski definition) is 2. The number of likely N-dealkylation sites (N-methyl/N-ethyl adjacent to an activating group) is 1. The van der Waals surface area contributed by atoms with Gasteiger partial charge in [0.15, 0.2) is 0 Å². The Kier molecular flexibility index (Phi) is 6.20. The molecule has 0 spiro atoms. The maximum Gasteiger partial charge on any atom is 0.234 e. The van der Waals surface area contributed by atoms with Gasteiger partial charge in [0.1, 0.15) is 0 Å². The van der Waals surface area contributed by atoms with Gasteiger partial charge in [-0.05, 0) is 43.7 Å². The molecule has 1 N–H and O–H groups in total. The average Bonchev–Trinajstić information content (AvgIpc) is 2.54. The lowest BCUT2D eigenvalue weighted by atomic mass is 10.1. The standard InChI is InChI=1S/C19H23ClN2O/c1-14-8-4-5-9-16(14)12-21-19(23)13-22(3)15(2)17-10-6-7-11-18(17)20/h4-11,15H,12-13H2,1-3H3,(H,21,23). The molecule has 1 unspecified atom stereocenters. The second-order valence-corrected chi connectivity index (χ2v) is 6.22. The van der Waals surface area contributed by atoms with Crippen molar-refractivity contribution in [3.8, 4) is 0 Å². The predicted molar refractivity (Wildman–Crippen MR) is 95.5 cm³/mol. The van der Waals surface area contributed by atoms with Gasteiger partial charge in [0.05, 0.1) is 6.54 Å². The van der Waals surface area contributed by atoms with Crippen molar-refractivity contribution in [2.24, 2.45) is 0 Å². The lowest BCUT2D eigenvalue weighted by molar-refractivity contribution is -0.122. The molecule has 2 aromatic carbocycles. The molecule has 1 amide bonds. The topological polar surface area (TPSA) is 32.3 Å². The molecule has 0 aromatic heterocycles. The highest BCUT2D eigenvalue weighted by Gasteiger charge is 2.16. The van der Waals surface area contributed by atoms with Crippen molar-refractivity contribution in [1.82, 2.24) is 10.2 Å². The van der Waals surface area contributed by atoms with Crippen LogP contribution in [0.5, 0.6) is 0 Å². The van der Waals surface area contributed by atoms with E-state index in [2.05, 4.69) is 12.2 Å². The molecule has 0 aliphatic rings. The summed E-state index contributed by atoms with van der Waals surface area (Å²) in [4.78, 5) is 14.2. The summed E-state index contributed by atoms with van der Waals surface area (Å²) in [6.45, 7) is 4.99. The number of benzene rings is 2.